The van der Waals surface area contributed by atoms with Gasteiger partial charge in [-0.3, -0.25) is 10.1 Å². The Balaban J connectivity index is 3.23. The van der Waals surface area contributed by atoms with Crippen LogP contribution in [0.2, 0.25) is 0 Å². The average molecular weight is 268 g/mol. The van der Waals surface area contributed by atoms with Crippen LogP contribution in [-0.4, -0.2) is 25.2 Å². The number of nitro benzene ring substituents is 1. The van der Waals surface area contributed by atoms with Crippen molar-refractivity contribution in [2.75, 3.05) is 19.5 Å². The standard InChI is InChI=1S/C13H20N2O4/c1-5-9(6-2)14-10-7-12(18-3)13(19-4)8-11(10)15(16)17/h7-9,14H,5-6H2,1-4H3. The molecule has 0 saturated heterocycles. The molecule has 0 fully saturated rings. The van der Waals surface area contributed by atoms with Crippen molar-refractivity contribution >= 4 is 11.4 Å². The number of hydrogen-bond donors (Lipinski definition) is 1. The van der Waals surface area contributed by atoms with Gasteiger partial charge in [0.1, 0.15) is 5.69 Å². The number of rotatable bonds is 7. The van der Waals surface area contributed by atoms with Gasteiger partial charge < -0.3 is 14.8 Å². The minimum Gasteiger partial charge on any atom is -0.493 e. The van der Waals surface area contributed by atoms with Gasteiger partial charge in [-0.2, -0.15) is 0 Å². The van der Waals surface area contributed by atoms with Crippen molar-refractivity contribution in [2.45, 2.75) is 32.7 Å². The second-order valence-electron chi connectivity index (χ2n) is 4.14. The SMILES string of the molecule is CCC(CC)Nc1cc(OC)c(OC)cc1[N+](=O)[O-]. The van der Waals surface area contributed by atoms with Crippen LogP contribution in [-0.2, 0) is 0 Å². The van der Waals surface area contributed by atoms with Crippen LogP contribution in [0.5, 0.6) is 11.5 Å². The quantitative estimate of drug-likeness (QED) is 0.607. The molecule has 0 aliphatic carbocycles. The molecule has 0 spiro atoms. The number of methoxy groups -OCH3 is 2. The van der Waals surface area contributed by atoms with E-state index in [0.717, 1.165) is 12.8 Å². The minimum absolute atomic E-state index is 0.00968. The maximum atomic E-state index is 11.1. The summed E-state index contributed by atoms with van der Waals surface area (Å²) in [6.45, 7) is 4.07. The van der Waals surface area contributed by atoms with Crippen LogP contribution in [0.3, 0.4) is 0 Å². The third kappa shape index (κ3) is 3.49. The third-order valence-electron chi connectivity index (χ3n) is 3.04. The van der Waals surface area contributed by atoms with E-state index in [2.05, 4.69) is 5.32 Å². The number of anilines is 1. The highest BCUT2D eigenvalue weighted by molar-refractivity contribution is 5.68. The van der Waals surface area contributed by atoms with Crippen LogP contribution >= 0.6 is 0 Å². The summed E-state index contributed by atoms with van der Waals surface area (Å²) < 4.78 is 10.3. The van der Waals surface area contributed by atoms with Crippen LogP contribution in [0.15, 0.2) is 12.1 Å². The molecule has 1 rings (SSSR count). The van der Waals surface area contributed by atoms with Gasteiger partial charge in [0.15, 0.2) is 11.5 Å². The molecule has 0 heterocycles. The van der Waals surface area contributed by atoms with Gasteiger partial charge in [-0.1, -0.05) is 13.8 Å². The molecule has 0 aliphatic rings. The molecule has 0 atom stereocenters. The molecule has 0 amide bonds. The Morgan fingerprint density at radius 2 is 1.74 bits per heavy atom. The molecule has 0 aromatic heterocycles. The van der Waals surface area contributed by atoms with Gasteiger partial charge in [-0.05, 0) is 12.8 Å². The molecular weight excluding hydrogens is 248 g/mol. The zero-order valence-corrected chi connectivity index (χ0v) is 11.7. The lowest BCUT2D eigenvalue weighted by atomic mass is 10.1. The van der Waals surface area contributed by atoms with Crippen molar-refractivity contribution in [1.82, 2.24) is 0 Å². The van der Waals surface area contributed by atoms with Crippen molar-refractivity contribution < 1.29 is 14.4 Å². The van der Waals surface area contributed by atoms with Crippen LogP contribution in [0.1, 0.15) is 26.7 Å². The maximum Gasteiger partial charge on any atom is 0.296 e. The molecule has 1 aromatic carbocycles. The average Bonchev–Trinajstić information content (AvgIpc) is 2.43. The first kappa shape index (κ1) is 15.1. The van der Waals surface area contributed by atoms with E-state index < -0.39 is 4.92 Å². The number of hydrogen-bond acceptors (Lipinski definition) is 5. The Hall–Kier alpha value is -1.98. The fraction of sp³-hybridized carbons (Fsp3) is 0.538. The lowest BCUT2D eigenvalue weighted by Crippen LogP contribution is -2.18. The van der Waals surface area contributed by atoms with Crippen LogP contribution in [0.25, 0.3) is 0 Å². The van der Waals surface area contributed by atoms with Gasteiger partial charge in [0.2, 0.25) is 0 Å². The molecule has 0 bridgehead atoms. The summed E-state index contributed by atoms with van der Waals surface area (Å²) in [4.78, 5) is 10.7. The van der Waals surface area contributed by atoms with E-state index in [1.54, 1.807) is 6.07 Å². The number of nitro groups is 1. The highest BCUT2D eigenvalue weighted by Crippen LogP contribution is 2.38. The van der Waals surface area contributed by atoms with E-state index in [0.29, 0.717) is 17.2 Å². The molecule has 106 valence electrons. The topological polar surface area (TPSA) is 73.6 Å². The van der Waals surface area contributed by atoms with E-state index >= 15 is 0 Å². The minimum atomic E-state index is -0.424. The van der Waals surface area contributed by atoms with Crippen molar-refractivity contribution in [2.24, 2.45) is 0 Å². The summed E-state index contributed by atoms with van der Waals surface area (Å²) in [5.41, 5.74) is 0.445. The maximum absolute atomic E-state index is 11.1. The number of ether oxygens (including phenoxy) is 2. The number of nitrogens with one attached hydrogen (secondary N) is 1. The van der Waals surface area contributed by atoms with E-state index in [1.165, 1.54) is 20.3 Å². The Morgan fingerprint density at radius 1 is 1.21 bits per heavy atom. The first-order valence-electron chi connectivity index (χ1n) is 6.24. The van der Waals surface area contributed by atoms with E-state index in [9.17, 15) is 10.1 Å². The fourth-order valence-corrected chi connectivity index (χ4v) is 1.85. The molecule has 0 radical (unpaired) electrons. The van der Waals surface area contributed by atoms with E-state index in [4.69, 9.17) is 9.47 Å². The molecule has 6 heteroatoms. The summed E-state index contributed by atoms with van der Waals surface area (Å²) in [6, 6.07) is 3.18. The predicted molar refractivity (Wildman–Crippen MR) is 74.2 cm³/mol. The smallest absolute Gasteiger partial charge is 0.296 e. The zero-order chi connectivity index (χ0) is 14.4. The summed E-state index contributed by atoms with van der Waals surface area (Å²) in [5.74, 6) is 0.825. The van der Waals surface area contributed by atoms with Crippen molar-refractivity contribution in [1.29, 1.82) is 0 Å². The van der Waals surface area contributed by atoms with Gasteiger partial charge in [0.05, 0.1) is 25.2 Å². The Kier molecular flexibility index (Phi) is 5.41. The lowest BCUT2D eigenvalue weighted by molar-refractivity contribution is -0.384. The number of benzene rings is 1. The van der Waals surface area contributed by atoms with Crippen LogP contribution in [0, 0.1) is 10.1 Å². The second kappa shape index (κ2) is 6.82. The fourth-order valence-electron chi connectivity index (χ4n) is 1.85. The zero-order valence-electron chi connectivity index (χ0n) is 11.7. The van der Waals surface area contributed by atoms with Crippen molar-refractivity contribution in [3.63, 3.8) is 0 Å². The molecule has 1 N–H and O–H groups in total. The molecular formula is C13H20N2O4. The molecule has 0 unspecified atom stereocenters. The Bertz CT molecular complexity index is 445. The first-order chi connectivity index (χ1) is 9.07. The molecule has 1 aromatic rings. The van der Waals surface area contributed by atoms with Gasteiger partial charge in [0.25, 0.3) is 5.69 Å². The van der Waals surface area contributed by atoms with Crippen LogP contribution < -0.4 is 14.8 Å². The van der Waals surface area contributed by atoms with E-state index in [-0.39, 0.29) is 11.7 Å². The highest BCUT2D eigenvalue weighted by atomic mass is 16.6. The highest BCUT2D eigenvalue weighted by Gasteiger charge is 2.20. The molecule has 19 heavy (non-hydrogen) atoms. The molecule has 0 aliphatic heterocycles. The van der Waals surface area contributed by atoms with Gasteiger partial charge in [0, 0.05) is 12.1 Å². The monoisotopic (exact) mass is 268 g/mol. The van der Waals surface area contributed by atoms with Gasteiger partial charge in [-0.15, -0.1) is 0 Å². The Morgan fingerprint density at radius 3 is 2.16 bits per heavy atom. The number of nitrogens with zero attached hydrogens (tertiary/aromatic N) is 1. The van der Waals surface area contributed by atoms with Crippen molar-refractivity contribution in [3.8, 4) is 11.5 Å². The van der Waals surface area contributed by atoms with E-state index in [1.807, 2.05) is 13.8 Å². The summed E-state index contributed by atoms with van der Waals surface area (Å²) >= 11 is 0. The van der Waals surface area contributed by atoms with Gasteiger partial charge in [-0.25, -0.2) is 0 Å². The normalized spacial score (nSPS) is 10.4. The lowest BCUT2D eigenvalue weighted by Gasteiger charge is -2.17. The first-order valence-corrected chi connectivity index (χ1v) is 6.24. The van der Waals surface area contributed by atoms with Crippen molar-refractivity contribution in [3.05, 3.63) is 22.2 Å². The summed E-state index contributed by atoms with van der Waals surface area (Å²) in [5, 5.41) is 14.3. The summed E-state index contributed by atoms with van der Waals surface area (Å²) in [6.07, 6.45) is 1.78. The largest absolute Gasteiger partial charge is 0.493 e. The van der Waals surface area contributed by atoms with Crippen LogP contribution in [0.4, 0.5) is 11.4 Å². The third-order valence-corrected chi connectivity index (χ3v) is 3.04. The Labute approximate surface area is 112 Å². The van der Waals surface area contributed by atoms with Gasteiger partial charge >= 0.3 is 0 Å². The predicted octanol–water partition coefficient (Wildman–Crippen LogP) is 3.21. The second-order valence-corrected chi connectivity index (χ2v) is 4.14. The summed E-state index contributed by atoms with van der Waals surface area (Å²) in [7, 11) is 2.96. The molecule has 0 saturated carbocycles. The molecule has 6 nitrogen and oxygen atoms in total.